The molecule has 21 heavy (non-hydrogen) atoms. The first-order chi connectivity index (χ1) is 10.2. The number of hydrogen-bond donors (Lipinski definition) is 2. The summed E-state index contributed by atoms with van der Waals surface area (Å²) in [6.45, 7) is 4.87. The highest BCUT2D eigenvalue weighted by Crippen LogP contribution is 2.27. The maximum atomic E-state index is 9.20. The van der Waals surface area contributed by atoms with Gasteiger partial charge in [0.05, 0.1) is 11.3 Å². The normalized spacial score (nSPS) is 10.0. The molecule has 0 aliphatic rings. The van der Waals surface area contributed by atoms with Gasteiger partial charge in [0.2, 0.25) is 0 Å². The quantitative estimate of drug-likeness (QED) is 0.860. The minimum Gasteiger partial charge on any atom is -0.370 e. The van der Waals surface area contributed by atoms with E-state index in [9.17, 15) is 5.26 Å². The third-order valence-electron chi connectivity index (χ3n) is 3.00. The molecule has 0 bridgehead atoms. The molecule has 0 atom stereocenters. The predicted molar refractivity (Wildman–Crippen MR) is 87.7 cm³/mol. The Morgan fingerprint density at radius 1 is 1.24 bits per heavy atom. The number of aromatic nitrogens is 2. The highest BCUT2D eigenvalue weighted by molar-refractivity contribution is 9.10. The Kier molecular flexibility index (Phi) is 5.12. The van der Waals surface area contributed by atoms with Gasteiger partial charge in [-0.2, -0.15) is 5.26 Å². The Morgan fingerprint density at radius 3 is 2.67 bits per heavy atom. The van der Waals surface area contributed by atoms with E-state index in [0.717, 1.165) is 40.3 Å². The second-order valence-electron chi connectivity index (χ2n) is 4.36. The summed E-state index contributed by atoms with van der Waals surface area (Å²) in [6, 6.07) is 7.66. The number of halogens is 1. The van der Waals surface area contributed by atoms with Crippen LogP contribution in [0, 0.1) is 11.3 Å². The van der Waals surface area contributed by atoms with Gasteiger partial charge in [0.15, 0.2) is 0 Å². The molecule has 2 rings (SSSR count). The number of benzene rings is 1. The summed E-state index contributed by atoms with van der Waals surface area (Å²) in [5, 5.41) is 15.7. The molecule has 1 aromatic carbocycles. The van der Waals surface area contributed by atoms with Gasteiger partial charge in [-0.3, -0.25) is 0 Å². The van der Waals surface area contributed by atoms with Gasteiger partial charge in [-0.05, 0) is 31.5 Å². The van der Waals surface area contributed by atoms with E-state index in [1.807, 2.05) is 19.1 Å². The lowest BCUT2D eigenvalue weighted by Gasteiger charge is -2.14. The molecular weight excluding hydrogens is 330 g/mol. The van der Waals surface area contributed by atoms with Gasteiger partial charge in [0.25, 0.3) is 0 Å². The van der Waals surface area contributed by atoms with E-state index in [0.29, 0.717) is 5.56 Å². The smallest absolute Gasteiger partial charge is 0.139 e. The van der Waals surface area contributed by atoms with E-state index < -0.39 is 0 Å². The fraction of sp³-hybridized carbons (Fsp3) is 0.267. The van der Waals surface area contributed by atoms with Gasteiger partial charge in [0, 0.05) is 16.6 Å². The molecule has 5 nitrogen and oxygen atoms in total. The van der Waals surface area contributed by atoms with E-state index in [2.05, 4.69) is 49.5 Å². The first kappa shape index (κ1) is 15.3. The minimum absolute atomic E-state index is 0.573. The lowest BCUT2D eigenvalue weighted by Crippen LogP contribution is -2.08. The number of hydrogen-bond acceptors (Lipinski definition) is 5. The van der Waals surface area contributed by atoms with E-state index in [-0.39, 0.29) is 0 Å². The topological polar surface area (TPSA) is 73.6 Å². The lowest BCUT2D eigenvalue weighted by atomic mass is 10.1. The molecule has 6 heteroatoms. The van der Waals surface area contributed by atoms with Crippen LogP contribution in [0.4, 0.5) is 17.3 Å². The Balaban J connectivity index is 2.42. The van der Waals surface area contributed by atoms with Crippen LogP contribution >= 0.6 is 15.9 Å². The molecule has 0 spiro atoms. The minimum atomic E-state index is 0.573. The molecule has 0 radical (unpaired) electrons. The fourth-order valence-corrected chi connectivity index (χ4v) is 2.38. The van der Waals surface area contributed by atoms with Crippen molar-refractivity contribution in [3.8, 4) is 6.07 Å². The zero-order valence-electron chi connectivity index (χ0n) is 11.9. The van der Waals surface area contributed by atoms with Gasteiger partial charge >= 0.3 is 0 Å². The Bertz CT molecular complexity index is 678. The van der Waals surface area contributed by atoms with E-state index in [1.165, 1.54) is 6.33 Å². The van der Waals surface area contributed by atoms with Gasteiger partial charge in [0.1, 0.15) is 24.0 Å². The Labute approximate surface area is 132 Å². The number of nitriles is 1. The van der Waals surface area contributed by atoms with Crippen molar-refractivity contribution >= 4 is 33.3 Å². The van der Waals surface area contributed by atoms with Gasteiger partial charge in [-0.15, -0.1) is 0 Å². The summed E-state index contributed by atoms with van der Waals surface area (Å²) < 4.78 is 0.906. The van der Waals surface area contributed by atoms with Crippen molar-refractivity contribution < 1.29 is 0 Å². The van der Waals surface area contributed by atoms with Crippen molar-refractivity contribution in [1.29, 1.82) is 5.26 Å². The predicted octanol–water partition coefficient (Wildman–Crippen LogP) is 3.85. The van der Waals surface area contributed by atoms with Gasteiger partial charge < -0.3 is 10.6 Å². The fourth-order valence-electron chi connectivity index (χ4n) is 2.02. The van der Waals surface area contributed by atoms with Crippen LogP contribution in [-0.2, 0) is 6.42 Å². The summed E-state index contributed by atoms with van der Waals surface area (Å²) in [5.74, 6) is 1.55. The van der Waals surface area contributed by atoms with Crippen LogP contribution in [-0.4, -0.2) is 16.5 Å². The summed E-state index contributed by atoms with van der Waals surface area (Å²) in [4.78, 5) is 8.57. The maximum Gasteiger partial charge on any atom is 0.139 e. The van der Waals surface area contributed by atoms with Crippen molar-refractivity contribution in [3.05, 3.63) is 40.1 Å². The zero-order chi connectivity index (χ0) is 15.2. The first-order valence-electron chi connectivity index (χ1n) is 6.74. The van der Waals surface area contributed by atoms with Crippen LogP contribution < -0.4 is 10.6 Å². The third-order valence-corrected chi connectivity index (χ3v) is 3.49. The van der Waals surface area contributed by atoms with Crippen LogP contribution in [0.3, 0.4) is 0 Å². The Morgan fingerprint density at radius 2 is 2.00 bits per heavy atom. The summed E-state index contributed by atoms with van der Waals surface area (Å²) in [5.41, 5.74) is 2.30. The number of nitrogens with one attached hydrogen (secondary N) is 2. The van der Waals surface area contributed by atoms with Crippen molar-refractivity contribution in [3.63, 3.8) is 0 Å². The second-order valence-corrected chi connectivity index (χ2v) is 5.28. The van der Waals surface area contributed by atoms with Crippen molar-refractivity contribution in [2.75, 3.05) is 17.2 Å². The van der Waals surface area contributed by atoms with Crippen LogP contribution in [0.15, 0.2) is 29.0 Å². The molecule has 2 N–H and O–H groups in total. The number of rotatable bonds is 5. The molecule has 1 aromatic heterocycles. The van der Waals surface area contributed by atoms with E-state index >= 15 is 0 Å². The van der Waals surface area contributed by atoms with Crippen molar-refractivity contribution in [2.24, 2.45) is 0 Å². The van der Waals surface area contributed by atoms with E-state index in [1.54, 1.807) is 6.07 Å². The summed E-state index contributed by atoms with van der Waals surface area (Å²) in [7, 11) is 0. The lowest BCUT2D eigenvalue weighted by molar-refractivity contribution is 1.03. The average molecular weight is 346 g/mol. The number of anilines is 3. The van der Waals surface area contributed by atoms with E-state index in [4.69, 9.17) is 0 Å². The van der Waals surface area contributed by atoms with Gasteiger partial charge in [-0.1, -0.05) is 22.9 Å². The molecule has 2 aromatic rings. The van der Waals surface area contributed by atoms with Crippen LogP contribution in [0.1, 0.15) is 25.0 Å². The highest BCUT2D eigenvalue weighted by Gasteiger charge is 2.11. The molecule has 0 unspecified atom stereocenters. The standard InChI is InChI=1S/C15H16BrN5/c1-3-12-14(18-4-2)19-9-20-15(12)21-13-7-11(16)6-5-10(13)8-17/h5-7,9H,3-4H2,1-2H3,(H2,18,19,20,21). The molecule has 0 saturated heterocycles. The van der Waals surface area contributed by atoms with Crippen LogP contribution in [0.5, 0.6) is 0 Å². The zero-order valence-corrected chi connectivity index (χ0v) is 13.5. The third kappa shape index (κ3) is 3.50. The SMILES string of the molecule is CCNc1ncnc(Nc2cc(Br)ccc2C#N)c1CC. The van der Waals surface area contributed by atoms with Crippen molar-refractivity contribution in [2.45, 2.75) is 20.3 Å². The highest BCUT2D eigenvalue weighted by atomic mass is 79.9. The average Bonchev–Trinajstić information content (AvgIpc) is 2.48. The summed E-state index contributed by atoms with van der Waals surface area (Å²) in [6.07, 6.45) is 2.31. The first-order valence-corrected chi connectivity index (χ1v) is 7.53. The Hall–Kier alpha value is -2.13. The van der Waals surface area contributed by atoms with Crippen LogP contribution in [0.25, 0.3) is 0 Å². The summed E-state index contributed by atoms with van der Waals surface area (Å²) >= 11 is 3.42. The molecule has 108 valence electrons. The molecule has 1 heterocycles. The van der Waals surface area contributed by atoms with Crippen LogP contribution in [0.2, 0.25) is 0 Å². The molecule has 0 saturated carbocycles. The largest absolute Gasteiger partial charge is 0.370 e. The monoisotopic (exact) mass is 345 g/mol. The van der Waals surface area contributed by atoms with Gasteiger partial charge in [-0.25, -0.2) is 9.97 Å². The maximum absolute atomic E-state index is 9.20. The molecule has 0 aliphatic heterocycles. The number of nitrogens with zero attached hydrogens (tertiary/aromatic N) is 3. The molecule has 0 fully saturated rings. The van der Waals surface area contributed by atoms with Crippen molar-refractivity contribution in [1.82, 2.24) is 9.97 Å². The second kappa shape index (κ2) is 7.04. The molecule has 0 amide bonds. The molecule has 0 aliphatic carbocycles. The molecular formula is C15H16BrN5.